The Balaban J connectivity index is 2.39. The molecular formula is C18H21FN2O3S. The molecule has 5 nitrogen and oxygen atoms in total. The molecule has 0 aliphatic carbocycles. The van der Waals surface area contributed by atoms with Gasteiger partial charge in [0.25, 0.3) is 0 Å². The van der Waals surface area contributed by atoms with Crippen LogP contribution in [-0.4, -0.2) is 25.7 Å². The quantitative estimate of drug-likeness (QED) is 0.883. The Morgan fingerprint density at radius 3 is 2.32 bits per heavy atom. The average molecular weight is 364 g/mol. The summed E-state index contributed by atoms with van der Waals surface area (Å²) in [5.41, 5.74) is 1.68. The maximum absolute atomic E-state index is 13.1. The number of hydrogen-bond donors (Lipinski definition) is 1. The summed E-state index contributed by atoms with van der Waals surface area (Å²) in [6, 6.07) is 9.99. The van der Waals surface area contributed by atoms with Crippen LogP contribution in [0.4, 0.5) is 10.1 Å². The van der Waals surface area contributed by atoms with Gasteiger partial charge in [0.05, 0.1) is 4.90 Å². The molecule has 2 aromatic rings. The second-order valence-corrected chi connectivity index (χ2v) is 7.88. The third kappa shape index (κ3) is 4.24. The van der Waals surface area contributed by atoms with E-state index in [1.807, 2.05) is 0 Å². The van der Waals surface area contributed by atoms with Crippen molar-refractivity contribution < 1.29 is 17.6 Å². The van der Waals surface area contributed by atoms with Crippen LogP contribution in [-0.2, 0) is 14.8 Å². The van der Waals surface area contributed by atoms with Crippen molar-refractivity contribution in [3.8, 4) is 0 Å². The van der Waals surface area contributed by atoms with Crippen molar-refractivity contribution in [3.63, 3.8) is 0 Å². The first-order valence-corrected chi connectivity index (χ1v) is 9.18. The van der Waals surface area contributed by atoms with Crippen molar-refractivity contribution >= 4 is 21.6 Å². The maximum Gasteiger partial charge on any atom is 0.243 e. The Kier molecular flexibility index (Phi) is 5.59. The van der Waals surface area contributed by atoms with E-state index in [2.05, 4.69) is 5.32 Å². The molecular weight excluding hydrogens is 343 g/mol. The van der Waals surface area contributed by atoms with Gasteiger partial charge in [-0.2, -0.15) is 4.31 Å². The molecule has 0 radical (unpaired) electrons. The molecule has 0 saturated carbocycles. The van der Waals surface area contributed by atoms with Crippen LogP contribution < -0.4 is 5.32 Å². The lowest BCUT2D eigenvalue weighted by Crippen LogP contribution is -2.30. The van der Waals surface area contributed by atoms with E-state index < -0.39 is 16.1 Å². The number of nitrogens with one attached hydrogen (secondary N) is 1. The van der Waals surface area contributed by atoms with Gasteiger partial charge in [-0.1, -0.05) is 18.2 Å². The molecule has 1 atom stereocenters. The summed E-state index contributed by atoms with van der Waals surface area (Å²) in [6.07, 6.45) is 0. The molecule has 0 bridgehead atoms. The summed E-state index contributed by atoms with van der Waals surface area (Å²) in [7, 11) is -2.32. The number of aryl methyl sites for hydroxylation is 1. The zero-order chi connectivity index (χ0) is 18.8. The van der Waals surface area contributed by atoms with Gasteiger partial charge in [0.1, 0.15) is 5.82 Å². The zero-order valence-electron chi connectivity index (χ0n) is 14.6. The van der Waals surface area contributed by atoms with Crippen molar-refractivity contribution in [1.29, 1.82) is 0 Å². The lowest BCUT2D eigenvalue weighted by molar-refractivity contribution is -0.114. The van der Waals surface area contributed by atoms with Gasteiger partial charge in [-0.25, -0.2) is 12.8 Å². The molecule has 0 saturated heterocycles. The van der Waals surface area contributed by atoms with E-state index in [-0.39, 0.29) is 16.6 Å². The molecule has 0 fully saturated rings. The van der Waals surface area contributed by atoms with Crippen LogP contribution in [0, 0.1) is 12.7 Å². The number of halogens is 1. The molecule has 2 rings (SSSR count). The highest BCUT2D eigenvalue weighted by Crippen LogP contribution is 2.29. The van der Waals surface area contributed by atoms with Crippen LogP contribution in [0.15, 0.2) is 47.4 Å². The highest BCUT2D eigenvalue weighted by atomic mass is 32.2. The van der Waals surface area contributed by atoms with E-state index in [0.29, 0.717) is 16.8 Å². The molecule has 25 heavy (non-hydrogen) atoms. The fourth-order valence-electron chi connectivity index (χ4n) is 2.47. The Hall–Kier alpha value is -2.25. The summed E-state index contributed by atoms with van der Waals surface area (Å²) in [5.74, 6) is -0.652. The van der Waals surface area contributed by atoms with E-state index in [9.17, 15) is 17.6 Å². The monoisotopic (exact) mass is 364 g/mol. The minimum Gasteiger partial charge on any atom is -0.326 e. The molecule has 0 aliphatic rings. The van der Waals surface area contributed by atoms with Crippen LogP contribution in [0.3, 0.4) is 0 Å². The molecule has 134 valence electrons. The van der Waals surface area contributed by atoms with Crippen molar-refractivity contribution in [3.05, 3.63) is 59.4 Å². The topological polar surface area (TPSA) is 66.5 Å². The standard InChI is InChI=1S/C18H21FN2O3S/c1-12-5-10-17(20-14(3)22)11-18(12)25(23,24)21(4)13(2)15-6-8-16(19)9-7-15/h5-11,13H,1-4H3,(H,20,22). The smallest absolute Gasteiger partial charge is 0.243 e. The van der Waals surface area contributed by atoms with Crippen LogP contribution in [0.1, 0.15) is 31.0 Å². The Morgan fingerprint density at radius 2 is 1.76 bits per heavy atom. The summed E-state index contributed by atoms with van der Waals surface area (Å²) < 4.78 is 40.3. The lowest BCUT2D eigenvalue weighted by atomic mass is 10.1. The van der Waals surface area contributed by atoms with Crippen LogP contribution >= 0.6 is 0 Å². The third-order valence-electron chi connectivity index (χ3n) is 4.06. The average Bonchev–Trinajstić information content (AvgIpc) is 2.55. The van der Waals surface area contributed by atoms with E-state index >= 15 is 0 Å². The SMILES string of the molecule is CC(=O)Nc1ccc(C)c(S(=O)(=O)N(C)C(C)c2ccc(F)cc2)c1. The van der Waals surface area contributed by atoms with Gasteiger partial charge in [0.2, 0.25) is 15.9 Å². The zero-order valence-corrected chi connectivity index (χ0v) is 15.4. The second-order valence-electron chi connectivity index (χ2n) is 5.91. The van der Waals surface area contributed by atoms with Crippen molar-refractivity contribution in [2.75, 3.05) is 12.4 Å². The van der Waals surface area contributed by atoms with Gasteiger partial charge in [-0.3, -0.25) is 4.79 Å². The predicted octanol–water partition coefficient (Wildman–Crippen LogP) is 3.47. The molecule has 1 amide bonds. The summed E-state index contributed by atoms with van der Waals surface area (Å²) >= 11 is 0. The van der Waals surface area contributed by atoms with Gasteiger partial charge >= 0.3 is 0 Å². The van der Waals surface area contributed by atoms with Gasteiger partial charge in [0, 0.05) is 25.7 Å². The third-order valence-corrected chi connectivity index (χ3v) is 6.13. The largest absolute Gasteiger partial charge is 0.326 e. The van der Waals surface area contributed by atoms with Crippen LogP contribution in [0.2, 0.25) is 0 Å². The number of amides is 1. The summed E-state index contributed by atoms with van der Waals surface area (Å²) in [6.45, 7) is 4.79. The predicted molar refractivity (Wildman–Crippen MR) is 95.2 cm³/mol. The number of hydrogen-bond acceptors (Lipinski definition) is 3. The van der Waals surface area contributed by atoms with E-state index in [1.54, 1.807) is 38.1 Å². The molecule has 7 heteroatoms. The van der Waals surface area contributed by atoms with E-state index in [0.717, 1.165) is 0 Å². The molecule has 1 unspecified atom stereocenters. The summed E-state index contributed by atoms with van der Waals surface area (Å²) in [4.78, 5) is 11.3. The number of benzene rings is 2. The number of carbonyl (C=O) groups excluding carboxylic acids is 1. The molecule has 0 heterocycles. The maximum atomic E-state index is 13.1. The fraction of sp³-hybridized carbons (Fsp3) is 0.278. The van der Waals surface area contributed by atoms with Crippen LogP contribution in [0.25, 0.3) is 0 Å². The molecule has 2 aromatic carbocycles. The number of anilines is 1. The van der Waals surface area contributed by atoms with Gasteiger partial charge in [-0.05, 0) is 49.2 Å². The van der Waals surface area contributed by atoms with E-state index in [4.69, 9.17) is 0 Å². The van der Waals surface area contributed by atoms with Gasteiger partial charge in [-0.15, -0.1) is 0 Å². The molecule has 1 N–H and O–H groups in total. The first kappa shape index (κ1) is 19.1. The minimum absolute atomic E-state index is 0.121. The normalized spacial score (nSPS) is 12.9. The van der Waals surface area contributed by atoms with Crippen molar-refractivity contribution in [2.24, 2.45) is 0 Å². The fourth-order valence-corrected chi connectivity index (χ4v) is 4.07. The van der Waals surface area contributed by atoms with Gasteiger partial charge < -0.3 is 5.32 Å². The molecule has 0 aliphatic heterocycles. The summed E-state index contributed by atoms with van der Waals surface area (Å²) in [5, 5.41) is 2.59. The number of carbonyl (C=O) groups is 1. The minimum atomic E-state index is -3.80. The Labute approximate surface area is 147 Å². The molecule has 0 aromatic heterocycles. The number of rotatable bonds is 5. The highest BCUT2D eigenvalue weighted by molar-refractivity contribution is 7.89. The number of sulfonamides is 1. The highest BCUT2D eigenvalue weighted by Gasteiger charge is 2.28. The van der Waals surface area contributed by atoms with Crippen molar-refractivity contribution in [1.82, 2.24) is 4.31 Å². The first-order chi connectivity index (χ1) is 11.6. The first-order valence-electron chi connectivity index (χ1n) is 7.74. The Bertz CT molecular complexity index is 880. The Morgan fingerprint density at radius 1 is 1.16 bits per heavy atom. The second kappa shape index (κ2) is 7.33. The number of nitrogens with zero attached hydrogens (tertiary/aromatic N) is 1. The molecule has 0 spiro atoms. The lowest BCUT2D eigenvalue weighted by Gasteiger charge is -2.25. The van der Waals surface area contributed by atoms with Gasteiger partial charge in [0.15, 0.2) is 0 Å². The van der Waals surface area contributed by atoms with Crippen molar-refractivity contribution in [2.45, 2.75) is 31.7 Å². The van der Waals surface area contributed by atoms with E-state index in [1.165, 1.54) is 36.5 Å². The van der Waals surface area contributed by atoms with Crippen LogP contribution in [0.5, 0.6) is 0 Å².